The van der Waals surface area contributed by atoms with Gasteiger partial charge in [0.1, 0.15) is 22.8 Å². The highest BCUT2D eigenvalue weighted by Crippen LogP contribution is 2.26. The van der Waals surface area contributed by atoms with Crippen molar-refractivity contribution >= 4 is 23.5 Å². The third kappa shape index (κ3) is 5.33. The molecular formula is C22H20FN3O5. The molecule has 2 aromatic carbocycles. The summed E-state index contributed by atoms with van der Waals surface area (Å²) >= 11 is 0. The lowest BCUT2D eigenvalue weighted by atomic mass is 10.1. The van der Waals surface area contributed by atoms with E-state index in [9.17, 15) is 18.8 Å². The molecule has 0 atom stereocenters. The molecule has 0 saturated heterocycles. The molecule has 0 saturated carbocycles. The number of aromatic nitrogens is 1. The fraction of sp³-hybridized carbons (Fsp3) is 0.182. The minimum absolute atomic E-state index is 0.0427. The smallest absolute Gasteiger partial charge is 0.344 e. The van der Waals surface area contributed by atoms with Crippen LogP contribution in [0.1, 0.15) is 22.5 Å². The molecule has 0 bridgehead atoms. The third-order valence-corrected chi connectivity index (χ3v) is 4.46. The summed E-state index contributed by atoms with van der Waals surface area (Å²) in [6, 6.07) is 14.1. The van der Waals surface area contributed by atoms with Crippen LogP contribution in [-0.2, 0) is 14.3 Å². The van der Waals surface area contributed by atoms with E-state index < -0.39 is 30.2 Å². The summed E-state index contributed by atoms with van der Waals surface area (Å²) in [5.41, 5.74) is 6.60. The Morgan fingerprint density at radius 3 is 2.42 bits per heavy atom. The number of amides is 2. The van der Waals surface area contributed by atoms with Gasteiger partial charge in [0.15, 0.2) is 6.61 Å². The van der Waals surface area contributed by atoms with Gasteiger partial charge >= 0.3 is 5.97 Å². The Bertz CT molecular complexity index is 1080. The van der Waals surface area contributed by atoms with Crippen molar-refractivity contribution in [3.63, 3.8) is 0 Å². The number of ether oxygens (including phenoxy) is 1. The quantitative estimate of drug-likeness (QED) is 0.555. The number of halogens is 1. The van der Waals surface area contributed by atoms with Gasteiger partial charge in [-0.25, -0.2) is 9.18 Å². The Kier molecular flexibility index (Phi) is 6.76. The summed E-state index contributed by atoms with van der Waals surface area (Å²) in [6.45, 7) is 0.919. The maximum Gasteiger partial charge on any atom is 0.344 e. The zero-order valence-corrected chi connectivity index (χ0v) is 16.7. The number of hydrogen-bond donors (Lipinski definition) is 1. The molecule has 0 aliphatic rings. The van der Waals surface area contributed by atoms with Gasteiger partial charge in [-0.05, 0) is 31.2 Å². The van der Waals surface area contributed by atoms with Gasteiger partial charge in [-0.1, -0.05) is 35.5 Å². The van der Waals surface area contributed by atoms with Crippen LogP contribution >= 0.6 is 0 Å². The first-order valence-electron chi connectivity index (χ1n) is 9.40. The number of benzene rings is 2. The van der Waals surface area contributed by atoms with E-state index in [1.54, 1.807) is 31.2 Å². The third-order valence-electron chi connectivity index (χ3n) is 4.46. The highest BCUT2D eigenvalue weighted by Gasteiger charge is 2.25. The average Bonchev–Trinajstić information content (AvgIpc) is 3.15. The number of nitrogens with two attached hydrogens (primary N) is 1. The lowest BCUT2D eigenvalue weighted by molar-refractivity contribution is -0.121. The molecule has 0 aliphatic heterocycles. The highest BCUT2D eigenvalue weighted by molar-refractivity contribution is 6.00. The topological polar surface area (TPSA) is 116 Å². The van der Waals surface area contributed by atoms with E-state index in [1.807, 2.05) is 6.07 Å². The molecule has 1 heterocycles. The number of nitrogens with zero attached hydrogens (tertiary/aromatic N) is 2. The zero-order chi connectivity index (χ0) is 22.4. The molecule has 1 aromatic heterocycles. The van der Waals surface area contributed by atoms with Crippen LogP contribution in [0.4, 0.5) is 10.1 Å². The first-order chi connectivity index (χ1) is 14.9. The molecule has 160 valence electrons. The minimum atomic E-state index is -0.778. The van der Waals surface area contributed by atoms with Gasteiger partial charge < -0.3 is 19.9 Å². The van der Waals surface area contributed by atoms with Gasteiger partial charge in [-0.15, -0.1) is 0 Å². The van der Waals surface area contributed by atoms with Crippen molar-refractivity contribution < 1.29 is 28.0 Å². The van der Waals surface area contributed by atoms with E-state index in [1.165, 1.54) is 29.2 Å². The maximum absolute atomic E-state index is 13.2. The second-order valence-corrected chi connectivity index (χ2v) is 6.64. The highest BCUT2D eigenvalue weighted by atomic mass is 19.1. The number of anilines is 1. The molecule has 31 heavy (non-hydrogen) atoms. The summed E-state index contributed by atoms with van der Waals surface area (Å²) in [5, 5.41) is 3.92. The largest absolute Gasteiger partial charge is 0.452 e. The first-order valence-corrected chi connectivity index (χ1v) is 9.40. The van der Waals surface area contributed by atoms with Gasteiger partial charge in [0.25, 0.3) is 5.91 Å². The van der Waals surface area contributed by atoms with Crippen LogP contribution in [0.25, 0.3) is 11.3 Å². The van der Waals surface area contributed by atoms with Crippen LogP contribution in [-0.4, -0.2) is 36.1 Å². The zero-order valence-electron chi connectivity index (χ0n) is 16.7. The normalized spacial score (nSPS) is 10.5. The number of hydrogen-bond acceptors (Lipinski definition) is 6. The second kappa shape index (κ2) is 9.66. The van der Waals surface area contributed by atoms with Gasteiger partial charge in [0.2, 0.25) is 5.91 Å². The van der Waals surface area contributed by atoms with Crippen LogP contribution in [0.2, 0.25) is 0 Å². The van der Waals surface area contributed by atoms with Crippen LogP contribution in [0.3, 0.4) is 0 Å². The van der Waals surface area contributed by atoms with Crippen molar-refractivity contribution in [3.05, 3.63) is 71.7 Å². The standard InChI is InChI=1S/C22H20FN3O5/c1-14-20(21(25-31-14)15-5-3-2-4-6-15)22(29)30-13-19(28)26(12-11-18(24)27)17-9-7-16(23)8-10-17/h2-10H,11-13H2,1H3,(H2,24,27). The first kappa shape index (κ1) is 21.7. The summed E-state index contributed by atoms with van der Waals surface area (Å²) in [5.74, 6) is -2.21. The van der Waals surface area contributed by atoms with Crippen LogP contribution in [0.15, 0.2) is 59.1 Å². The predicted molar refractivity (Wildman–Crippen MR) is 110 cm³/mol. The fourth-order valence-corrected chi connectivity index (χ4v) is 2.92. The monoisotopic (exact) mass is 425 g/mol. The summed E-state index contributed by atoms with van der Waals surface area (Å²) in [4.78, 5) is 37.8. The van der Waals surface area contributed by atoms with E-state index >= 15 is 0 Å². The van der Waals surface area contributed by atoms with Gasteiger partial charge in [-0.3, -0.25) is 9.59 Å². The van der Waals surface area contributed by atoms with Gasteiger partial charge in [0, 0.05) is 24.2 Å². The molecule has 0 aliphatic carbocycles. The van der Waals surface area contributed by atoms with E-state index in [4.69, 9.17) is 15.0 Å². The van der Waals surface area contributed by atoms with Gasteiger partial charge in [0.05, 0.1) is 0 Å². The molecule has 3 aromatic rings. The molecule has 2 N–H and O–H groups in total. The van der Waals surface area contributed by atoms with Crippen LogP contribution in [0, 0.1) is 12.7 Å². The number of aryl methyl sites for hydroxylation is 1. The minimum Gasteiger partial charge on any atom is -0.452 e. The van der Waals surface area contributed by atoms with Crippen molar-refractivity contribution in [2.45, 2.75) is 13.3 Å². The van der Waals surface area contributed by atoms with Crippen molar-refractivity contribution in [3.8, 4) is 11.3 Å². The van der Waals surface area contributed by atoms with Crippen molar-refractivity contribution in [2.24, 2.45) is 5.73 Å². The molecule has 9 heteroatoms. The van der Waals surface area contributed by atoms with E-state index in [0.717, 1.165) is 0 Å². The van der Waals surface area contributed by atoms with Crippen LogP contribution in [0.5, 0.6) is 0 Å². The molecule has 0 radical (unpaired) electrons. The maximum atomic E-state index is 13.2. The molecule has 3 rings (SSSR count). The Morgan fingerprint density at radius 2 is 1.77 bits per heavy atom. The Hall–Kier alpha value is -4.01. The summed E-state index contributed by atoms with van der Waals surface area (Å²) in [6.07, 6.45) is -0.111. The number of primary amides is 1. The van der Waals surface area contributed by atoms with Crippen molar-refractivity contribution in [2.75, 3.05) is 18.1 Å². The van der Waals surface area contributed by atoms with Crippen molar-refractivity contribution in [1.82, 2.24) is 5.16 Å². The summed E-state index contributed by atoms with van der Waals surface area (Å²) < 4.78 is 23.6. The Morgan fingerprint density at radius 1 is 1.10 bits per heavy atom. The van der Waals surface area contributed by atoms with Gasteiger partial charge in [-0.2, -0.15) is 0 Å². The SMILES string of the molecule is Cc1onc(-c2ccccc2)c1C(=O)OCC(=O)N(CCC(N)=O)c1ccc(F)cc1. The van der Waals surface area contributed by atoms with E-state index in [0.29, 0.717) is 16.9 Å². The number of esters is 1. The van der Waals surface area contributed by atoms with E-state index in [2.05, 4.69) is 5.16 Å². The number of carbonyl (C=O) groups is 3. The predicted octanol–water partition coefficient (Wildman–Crippen LogP) is 2.85. The molecule has 8 nitrogen and oxygen atoms in total. The molecule has 0 spiro atoms. The van der Waals surface area contributed by atoms with Crippen LogP contribution < -0.4 is 10.6 Å². The Labute approximate surface area is 177 Å². The number of rotatable bonds is 8. The second-order valence-electron chi connectivity index (χ2n) is 6.64. The molecule has 0 unspecified atom stereocenters. The molecular weight excluding hydrogens is 405 g/mol. The molecule has 0 fully saturated rings. The lowest BCUT2D eigenvalue weighted by Crippen LogP contribution is -2.37. The fourth-order valence-electron chi connectivity index (χ4n) is 2.92. The molecule has 2 amide bonds. The number of carbonyl (C=O) groups excluding carboxylic acids is 3. The lowest BCUT2D eigenvalue weighted by Gasteiger charge is -2.22. The van der Waals surface area contributed by atoms with E-state index in [-0.39, 0.29) is 24.3 Å². The van der Waals surface area contributed by atoms with Crippen molar-refractivity contribution in [1.29, 1.82) is 0 Å². The Balaban J connectivity index is 1.75. The average molecular weight is 425 g/mol. The summed E-state index contributed by atoms with van der Waals surface area (Å²) in [7, 11) is 0.